The molecule has 0 saturated carbocycles. The summed E-state index contributed by atoms with van der Waals surface area (Å²) in [7, 11) is -2.29. The lowest BCUT2D eigenvalue weighted by atomic mass is 9.89. The fourth-order valence-electron chi connectivity index (χ4n) is 4.07. The number of ether oxygens (including phenoxy) is 2. The molecule has 2 heterocycles. The maximum atomic E-state index is 13.4. The van der Waals surface area contributed by atoms with Crippen LogP contribution in [0.1, 0.15) is 41.9 Å². The van der Waals surface area contributed by atoms with Gasteiger partial charge in [0.05, 0.1) is 13.0 Å². The van der Waals surface area contributed by atoms with E-state index < -0.39 is 22.3 Å². The van der Waals surface area contributed by atoms with E-state index in [4.69, 9.17) is 9.47 Å². The second kappa shape index (κ2) is 8.91. The number of nitrogens with zero attached hydrogens (tertiary/aromatic N) is 1. The van der Waals surface area contributed by atoms with Crippen molar-refractivity contribution < 1.29 is 27.5 Å². The molecule has 0 fully saturated rings. The standard InChI is InChI=1S/C23H26N2O6S/c1-15-7-8-16-11-18(15)13-25-14-23(30-19-5-3-4-6-20(19)32(25,28)29)31-22(27)12-17(16)9-10-21(26)24-2/h3-8,11,17,23H,9-10,12-14H2,1-2H3,(H,24,26)/t17?,23-/m0/s1. The van der Waals surface area contributed by atoms with E-state index in [2.05, 4.69) is 5.32 Å². The number of benzene rings is 2. The van der Waals surface area contributed by atoms with E-state index in [0.29, 0.717) is 6.42 Å². The molecule has 2 aliphatic heterocycles. The molecule has 4 bridgehead atoms. The molecule has 1 N–H and O–H groups in total. The third kappa shape index (κ3) is 4.49. The number of hydrogen-bond donors (Lipinski definition) is 1. The molecule has 3 atom stereocenters. The molecule has 0 aromatic heterocycles. The maximum absolute atomic E-state index is 13.4. The number of hydrogen-bond acceptors (Lipinski definition) is 6. The van der Waals surface area contributed by atoms with E-state index in [1.807, 2.05) is 25.1 Å². The Morgan fingerprint density at radius 2 is 1.97 bits per heavy atom. The molecule has 2 aliphatic rings. The molecule has 0 saturated heterocycles. The molecule has 0 radical (unpaired) electrons. The largest absolute Gasteiger partial charge is 0.452 e. The summed E-state index contributed by atoms with van der Waals surface area (Å²) < 4.78 is 39.5. The first-order valence-corrected chi connectivity index (χ1v) is 12.0. The Hall–Kier alpha value is -2.91. The average molecular weight is 459 g/mol. The smallest absolute Gasteiger partial charge is 0.309 e. The number of carbonyl (C=O) groups is 2. The average Bonchev–Trinajstić information content (AvgIpc) is 2.87. The predicted molar refractivity (Wildman–Crippen MR) is 116 cm³/mol. The zero-order chi connectivity index (χ0) is 22.9. The molecular weight excluding hydrogens is 432 g/mol. The minimum absolute atomic E-state index is 0.0490. The number of aryl methyl sites for hydroxylation is 1. The number of esters is 1. The highest BCUT2D eigenvalue weighted by Gasteiger charge is 2.37. The first kappa shape index (κ1) is 22.3. The molecule has 170 valence electrons. The van der Waals surface area contributed by atoms with Crippen molar-refractivity contribution in [1.82, 2.24) is 9.62 Å². The van der Waals surface area contributed by atoms with Gasteiger partial charge in [-0.1, -0.05) is 30.3 Å². The number of fused-ring (bicyclic) bond motifs is 5. The molecule has 4 rings (SSSR count). The van der Waals surface area contributed by atoms with Crippen molar-refractivity contribution in [3.63, 3.8) is 0 Å². The summed E-state index contributed by atoms with van der Waals surface area (Å²) >= 11 is 0. The van der Waals surface area contributed by atoms with Gasteiger partial charge in [-0.05, 0) is 48.1 Å². The molecule has 32 heavy (non-hydrogen) atoms. The molecule has 2 unspecified atom stereocenters. The van der Waals surface area contributed by atoms with Crippen molar-refractivity contribution in [3.05, 3.63) is 59.2 Å². The Morgan fingerprint density at radius 3 is 2.75 bits per heavy atom. The monoisotopic (exact) mass is 458 g/mol. The third-order valence-electron chi connectivity index (χ3n) is 5.94. The second-order valence-corrected chi connectivity index (χ2v) is 9.99. The van der Waals surface area contributed by atoms with E-state index in [1.165, 1.54) is 10.4 Å². The van der Waals surface area contributed by atoms with Crippen LogP contribution < -0.4 is 10.1 Å². The molecular formula is C23H26N2O6S. The minimum atomic E-state index is -3.87. The van der Waals surface area contributed by atoms with E-state index in [-0.39, 0.29) is 48.4 Å². The summed E-state index contributed by atoms with van der Waals surface area (Å²) in [5.41, 5.74) is 2.65. The summed E-state index contributed by atoms with van der Waals surface area (Å²) in [4.78, 5) is 24.7. The van der Waals surface area contributed by atoms with Crippen LogP contribution in [0.4, 0.5) is 0 Å². The van der Waals surface area contributed by atoms with E-state index in [0.717, 1.165) is 16.7 Å². The van der Waals surface area contributed by atoms with Crippen LogP contribution >= 0.6 is 0 Å². The molecule has 2 aromatic carbocycles. The SMILES string of the molecule is CNC(=O)CCC1CC(=O)O[C@H]2CN(Cc3cc1ccc3C)S(=O)(=O)c1ccccc1O2. The van der Waals surface area contributed by atoms with Crippen LogP contribution in [0.25, 0.3) is 0 Å². The molecule has 9 heteroatoms. The Bertz CT molecular complexity index is 1150. The lowest BCUT2D eigenvalue weighted by Crippen LogP contribution is -2.39. The van der Waals surface area contributed by atoms with Crippen LogP contribution in [0.3, 0.4) is 0 Å². The summed E-state index contributed by atoms with van der Waals surface area (Å²) in [6, 6.07) is 12.1. The van der Waals surface area contributed by atoms with E-state index >= 15 is 0 Å². The van der Waals surface area contributed by atoms with Gasteiger partial charge in [0.15, 0.2) is 0 Å². The van der Waals surface area contributed by atoms with Gasteiger partial charge in [-0.15, -0.1) is 0 Å². The van der Waals surface area contributed by atoms with Gasteiger partial charge in [-0.25, -0.2) is 8.42 Å². The van der Waals surface area contributed by atoms with Gasteiger partial charge in [0, 0.05) is 20.0 Å². The quantitative estimate of drug-likeness (QED) is 0.709. The number of nitrogens with one attached hydrogen (secondary N) is 1. The predicted octanol–water partition coefficient (Wildman–Crippen LogP) is 2.46. The fourth-order valence-corrected chi connectivity index (χ4v) is 5.60. The minimum Gasteiger partial charge on any atom is -0.452 e. The highest BCUT2D eigenvalue weighted by molar-refractivity contribution is 7.89. The Morgan fingerprint density at radius 1 is 1.19 bits per heavy atom. The molecule has 2 aromatic rings. The zero-order valence-corrected chi connectivity index (χ0v) is 18.9. The lowest BCUT2D eigenvalue weighted by Gasteiger charge is -2.23. The highest BCUT2D eigenvalue weighted by atomic mass is 32.2. The molecule has 0 aliphatic carbocycles. The van der Waals surface area contributed by atoms with Crippen molar-refractivity contribution in [1.29, 1.82) is 0 Å². The Balaban J connectivity index is 1.77. The van der Waals surface area contributed by atoms with Crippen molar-refractivity contribution in [2.45, 2.75) is 49.8 Å². The molecule has 0 spiro atoms. The van der Waals surface area contributed by atoms with Crippen LogP contribution in [0, 0.1) is 6.92 Å². The summed E-state index contributed by atoms with van der Waals surface area (Å²) in [5, 5.41) is 2.60. The number of sulfonamides is 1. The van der Waals surface area contributed by atoms with Gasteiger partial charge in [0.25, 0.3) is 6.29 Å². The van der Waals surface area contributed by atoms with E-state index in [9.17, 15) is 18.0 Å². The van der Waals surface area contributed by atoms with Crippen molar-refractivity contribution >= 4 is 21.9 Å². The highest BCUT2D eigenvalue weighted by Crippen LogP contribution is 2.35. The van der Waals surface area contributed by atoms with Crippen molar-refractivity contribution in [2.24, 2.45) is 0 Å². The molecule has 1 amide bonds. The van der Waals surface area contributed by atoms with Gasteiger partial charge in [-0.2, -0.15) is 4.31 Å². The summed E-state index contributed by atoms with van der Waals surface area (Å²) in [5.74, 6) is -0.688. The van der Waals surface area contributed by atoms with Crippen LogP contribution in [0.15, 0.2) is 47.4 Å². The van der Waals surface area contributed by atoms with Crippen molar-refractivity contribution in [3.8, 4) is 5.75 Å². The Kier molecular flexibility index (Phi) is 6.21. The van der Waals surface area contributed by atoms with E-state index in [1.54, 1.807) is 25.2 Å². The number of carbonyl (C=O) groups excluding carboxylic acids is 2. The van der Waals surface area contributed by atoms with Gasteiger partial charge in [0.2, 0.25) is 15.9 Å². The second-order valence-electron chi connectivity index (χ2n) is 8.08. The van der Waals surface area contributed by atoms with Crippen LogP contribution in [0.2, 0.25) is 0 Å². The summed E-state index contributed by atoms with van der Waals surface area (Å²) in [6.07, 6.45) is -0.273. The van der Waals surface area contributed by atoms with Gasteiger partial charge >= 0.3 is 5.97 Å². The van der Waals surface area contributed by atoms with Gasteiger partial charge < -0.3 is 14.8 Å². The molecule has 8 nitrogen and oxygen atoms in total. The number of para-hydroxylation sites is 1. The van der Waals surface area contributed by atoms with Crippen LogP contribution in [-0.4, -0.2) is 44.5 Å². The zero-order valence-electron chi connectivity index (χ0n) is 18.0. The summed E-state index contributed by atoms with van der Waals surface area (Å²) in [6.45, 7) is 1.93. The first-order valence-electron chi connectivity index (χ1n) is 10.5. The van der Waals surface area contributed by atoms with Crippen molar-refractivity contribution in [2.75, 3.05) is 13.6 Å². The maximum Gasteiger partial charge on any atom is 0.309 e. The van der Waals surface area contributed by atoms with Crippen LogP contribution in [0.5, 0.6) is 5.75 Å². The van der Waals surface area contributed by atoms with Crippen LogP contribution in [-0.2, 0) is 30.9 Å². The first-order chi connectivity index (χ1) is 15.3. The topological polar surface area (TPSA) is 102 Å². The lowest BCUT2D eigenvalue weighted by molar-refractivity contribution is -0.165. The third-order valence-corrected chi connectivity index (χ3v) is 7.80. The fraction of sp³-hybridized carbons (Fsp3) is 0.391. The normalized spacial score (nSPS) is 24.1. The van der Waals surface area contributed by atoms with Gasteiger partial charge in [0.1, 0.15) is 10.6 Å². The number of amides is 1. The number of rotatable bonds is 3. The van der Waals surface area contributed by atoms with Gasteiger partial charge in [-0.3, -0.25) is 9.59 Å². The Labute approximate surface area is 187 Å².